The van der Waals surface area contributed by atoms with Crippen LogP contribution in [0.3, 0.4) is 0 Å². The monoisotopic (exact) mass is 230 g/mol. The van der Waals surface area contributed by atoms with E-state index in [4.69, 9.17) is 10.8 Å². The third-order valence-corrected chi connectivity index (χ3v) is 2.95. The largest absolute Gasteiger partial charge is 0.480 e. The molecule has 6 nitrogen and oxygen atoms in total. The molecule has 0 saturated carbocycles. The molecule has 84 valence electrons. The molecule has 0 spiro atoms. The highest BCUT2D eigenvalue weighted by atomic mass is 32.2. The van der Waals surface area contributed by atoms with Gasteiger partial charge in [-0.3, -0.25) is 4.79 Å². The molecule has 1 aromatic heterocycles. The maximum absolute atomic E-state index is 10.7. The van der Waals surface area contributed by atoms with Gasteiger partial charge in [0, 0.05) is 13.1 Å². The predicted molar refractivity (Wildman–Crippen MR) is 56.8 cm³/mol. The summed E-state index contributed by atoms with van der Waals surface area (Å²) in [6.07, 6.45) is 0. The summed E-state index contributed by atoms with van der Waals surface area (Å²) >= 11 is 1.17. The van der Waals surface area contributed by atoms with Gasteiger partial charge < -0.3 is 15.4 Å². The van der Waals surface area contributed by atoms with Gasteiger partial charge in [-0.2, -0.15) is 0 Å². The molecule has 1 rings (SSSR count). The van der Waals surface area contributed by atoms with Gasteiger partial charge in [-0.05, 0) is 13.8 Å². The van der Waals surface area contributed by atoms with Gasteiger partial charge in [-0.25, -0.2) is 0 Å². The number of hydrogen-bond donors (Lipinski definition) is 2. The molecule has 1 atom stereocenters. The van der Waals surface area contributed by atoms with Crippen LogP contribution in [0.15, 0.2) is 5.16 Å². The van der Waals surface area contributed by atoms with Crippen molar-refractivity contribution in [3.63, 3.8) is 0 Å². The lowest BCUT2D eigenvalue weighted by atomic mass is 10.5. The second kappa shape index (κ2) is 5.13. The molecule has 7 heteroatoms. The fraction of sp³-hybridized carbons (Fsp3) is 0.625. The lowest BCUT2D eigenvalue weighted by molar-refractivity contribution is -0.136. The molecule has 1 heterocycles. The second-order valence-corrected chi connectivity index (χ2v) is 4.38. The Morgan fingerprint density at radius 2 is 2.33 bits per heavy atom. The van der Waals surface area contributed by atoms with E-state index < -0.39 is 11.2 Å². The van der Waals surface area contributed by atoms with E-state index in [1.165, 1.54) is 11.8 Å². The molecule has 0 amide bonds. The summed E-state index contributed by atoms with van der Waals surface area (Å²) < 4.78 is 1.82. The minimum atomic E-state index is -0.861. The second-order valence-electron chi connectivity index (χ2n) is 3.07. The van der Waals surface area contributed by atoms with Crippen molar-refractivity contribution in [2.45, 2.75) is 30.8 Å². The predicted octanol–water partition coefficient (Wildman–Crippen LogP) is 0.110. The lowest BCUT2D eigenvalue weighted by Crippen LogP contribution is -2.15. The van der Waals surface area contributed by atoms with E-state index in [1.54, 1.807) is 6.92 Å². The van der Waals surface area contributed by atoms with Crippen LogP contribution in [0.2, 0.25) is 0 Å². The van der Waals surface area contributed by atoms with Crippen molar-refractivity contribution in [2.75, 3.05) is 6.54 Å². The third-order valence-electron chi connectivity index (χ3n) is 1.88. The normalized spacial score (nSPS) is 12.7. The van der Waals surface area contributed by atoms with E-state index in [1.807, 2.05) is 11.5 Å². The Balaban J connectivity index is 2.80. The van der Waals surface area contributed by atoms with Crippen LogP contribution in [-0.4, -0.2) is 37.6 Å². The summed E-state index contributed by atoms with van der Waals surface area (Å²) in [7, 11) is 0. The molecule has 0 aromatic carbocycles. The minimum Gasteiger partial charge on any atom is -0.480 e. The number of carbonyl (C=O) groups is 1. The zero-order valence-corrected chi connectivity index (χ0v) is 9.49. The first kappa shape index (κ1) is 12.0. The molecule has 0 fully saturated rings. The maximum Gasteiger partial charge on any atom is 0.316 e. The standard InChI is InChI=1S/C8H14N4O2S/c1-5(7(13)14)15-8-11-10-6(2)12(8)4-3-9/h5H,3-4,9H2,1-2H3,(H,13,14). The Morgan fingerprint density at radius 1 is 1.67 bits per heavy atom. The molecule has 0 radical (unpaired) electrons. The van der Waals surface area contributed by atoms with Crippen molar-refractivity contribution < 1.29 is 9.90 Å². The zero-order chi connectivity index (χ0) is 11.4. The summed E-state index contributed by atoms with van der Waals surface area (Å²) in [5, 5.41) is 16.6. The smallest absolute Gasteiger partial charge is 0.316 e. The highest BCUT2D eigenvalue weighted by Gasteiger charge is 2.17. The Labute approximate surface area is 91.9 Å². The quantitative estimate of drug-likeness (QED) is 0.697. The molecular formula is C8H14N4O2S. The van der Waals surface area contributed by atoms with Gasteiger partial charge in [0.2, 0.25) is 0 Å². The number of nitrogens with two attached hydrogens (primary N) is 1. The van der Waals surface area contributed by atoms with E-state index in [-0.39, 0.29) is 0 Å². The molecule has 0 bridgehead atoms. The fourth-order valence-electron chi connectivity index (χ4n) is 1.04. The molecule has 3 N–H and O–H groups in total. The SMILES string of the molecule is Cc1nnc(SC(C)C(=O)O)n1CCN. The Morgan fingerprint density at radius 3 is 2.87 bits per heavy atom. The Kier molecular flexibility index (Phi) is 4.10. The molecule has 1 unspecified atom stereocenters. The third kappa shape index (κ3) is 2.93. The van der Waals surface area contributed by atoms with Gasteiger partial charge in [0.1, 0.15) is 11.1 Å². The number of hydrogen-bond acceptors (Lipinski definition) is 5. The van der Waals surface area contributed by atoms with Crippen LogP contribution in [0.4, 0.5) is 0 Å². The number of thioether (sulfide) groups is 1. The van der Waals surface area contributed by atoms with Crippen molar-refractivity contribution in [1.82, 2.24) is 14.8 Å². The average molecular weight is 230 g/mol. The van der Waals surface area contributed by atoms with E-state index in [0.29, 0.717) is 18.2 Å². The average Bonchev–Trinajstić information content (AvgIpc) is 2.50. The van der Waals surface area contributed by atoms with Crippen LogP contribution < -0.4 is 5.73 Å². The first-order chi connectivity index (χ1) is 7.06. The van der Waals surface area contributed by atoms with Gasteiger partial charge in [0.15, 0.2) is 5.16 Å². The number of aliphatic carboxylic acids is 1. The van der Waals surface area contributed by atoms with Crippen molar-refractivity contribution >= 4 is 17.7 Å². The summed E-state index contributed by atoms with van der Waals surface area (Å²) in [6.45, 7) is 4.52. The summed E-state index contributed by atoms with van der Waals surface area (Å²) in [6, 6.07) is 0. The van der Waals surface area contributed by atoms with E-state index in [9.17, 15) is 4.79 Å². The zero-order valence-electron chi connectivity index (χ0n) is 8.67. The topological polar surface area (TPSA) is 94.0 Å². The van der Waals surface area contributed by atoms with Gasteiger partial charge in [0.05, 0.1) is 0 Å². The molecular weight excluding hydrogens is 216 g/mol. The molecule has 0 saturated heterocycles. The molecule has 0 aliphatic carbocycles. The van der Waals surface area contributed by atoms with E-state index in [0.717, 1.165) is 5.82 Å². The minimum absolute atomic E-state index is 0.480. The first-order valence-corrected chi connectivity index (χ1v) is 5.43. The lowest BCUT2D eigenvalue weighted by Gasteiger charge is -2.08. The summed E-state index contributed by atoms with van der Waals surface area (Å²) in [5.74, 6) is -0.111. The maximum atomic E-state index is 10.7. The van der Waals surface area contributed by atoms with Gasteiger partial charge in [-0.1, -0.05) is 11.8 Å². The van der Waals surface area contributed by atoms with Crippen LogP contribution >= 0.6 is 11.8 Å². The van der Waals surface area contributed by atoms with E-state index >= 15 is 0 Å². The first-order valence-electron chi connectivity index (χ1n) is 4.55. The van der Waals surface area contributed by atoms with Gasteiger partial charge >= 0.3 is 5.97 Å². The Bertz CT molecular complexity index is 352. The number of aryl methyl sites for hydroxylation is 1. The highest BCUT2D eigenvalue weighted by molar-refractivity contribution is 8.00. The van der Waals surface area contributed by atoms with Crippen molar-refractivity contribution in [3.8, 4) is 0 Å². The van der Waals surface area contributed by atoms with Crippen LogP contribution in [0.25, 0.3) is 0 Å². The van der Waals surface area contributed by atoms with Gasteiger partial charge in [0.25, 0.3) is 0 Å². The molecule has 1 aromatic rings. The van der Waals surface area contributed by atoms with Gasteiger partial charge in [-0.15, -0.1) is 10.2 Å². The summed E-state index contributed by atoms with van der Waals surface area (Å²) in [4.78, 5) is 10.7. The summed E-state index contributed by atoms with van der Waals surface area (Å²) in [5.41, 5.74) is 5.45. The highest BCUT2D eigenvalue weighted by Crippen LogP contribution is 2.21. The number of carboxylic acids is 1. The molecule has 15 heavy (non-hydrogen) atoms. The van der Waals surface area contributed by atoms with Crippen LogP contribution in [0.5, 0.6) is 0 Å². The van der Waals surface area contributed by atoms with Crippen LogP contribution in [-0.2, 0) is 11.3 Å². The number of nitrogens with zero attached hydrogens (tertiary/aromatic N) is 3. The van der Waals surface area contributed by atoms with Crippen molar-refractivity contribution in [3.05, 3.63) is 5.82 Å². The van der Waals surface area contributed by atoms with Crippen molar-refractivity contribution in [2.24, 2.45) is 5.73 Å². The number of carboxylic acid groups (broad SMARTS) is 1. The number of rotatable bonds is 5. The molecule has 0 aliphatic heterocycles. The van der Waals surface area contributed by atoms with E-state index in [2.05, 4.69) is 10.2 Å². The van der Waals surface area contributed by atoms with Crippen LogP contribution in [0, 0.1) is 6.92 Å². The Hall–Kier alpha value is -1.08. The molecule has 0 aliphatic rings. The van der Waals surface area contributed by atoms with Crippen LogP contribution in [0.1, 0.15) is 12.7 Å². The number of aromatic nitrogens is 3. The fourth-order valence-corrected chi connectivity index (χ4v) is 1.90. The van der Waals surface area contributed by atoms with Crippen molar-refractivity contribution in [1.29, 1.82) is 0 Å².